The Morgan fingerprint density at radius 2 is 2.27 bits per heavy atom. The Balaban J connectivity index is 2.03. The monoisotopic (exact) mass is 345 g/mol. The number of nitrogens with zero attached hydrogens (tertiary/aromatic N) is 3. The van der Waals surface area contributed by atoms with Crippen molar-refractivity contribution in [2.75, 3.05) is 26.2 Å². The quantitative estimate of drug-likeness (QED) is 0.766. The number of rotatable bonds is 5. The number of piperazine rings is 1. The van der Waals surface area contributed by atoms with Gasteiger partial charge in [0, 0.05) is 32.3 Å². The zero-order chi connectivity index (χ0) is 16.3. The van der Waals surface area contributed by atoms with Crippen molar-refractivity contribution in [1.29, 1.82) is 0 Å². The molecule has 1 atom stereocenters. The third kappa shape index (κ3) is 4.20. The van der Waals surface area contributed by atoms with E-state index in [-0.39, 0.29) is 25.0 Å². The molecule has 9 heteroatoms. The number of aliphatic hydroxyl groups excluding tert-OH is 1. The second-order valence-corrected chi connectivity index (χ2v) is 7.21. The van der Waals surface area contributed by atoms with Crippen LogP contribution in [-0.2, 0) is 11.2 Å². The van der Waals surface area contributed by atoms with Gasteiger partial charge in [-0.05, 0) is 20.2 Å². The predicted molar refractivity (Wildman–Crippen MR) is 88.2 cm³/mol. The van der Waals surface area contributed by atoms with E-state index in [1.807, 2.05) is 11.7 Å². The van der Waals surface area contributed by atoms with E-state index >= 15 is 0 Å². The molecule has 1 aliphatic heterocycles. The first-order valence-corrected chi connectivity index (χ1v) is 8.56. The fraction of sp³-hybridized carbons (Fsp3) is 0.692. The van der Waals surface area contributed by atoms with Crippen molar-refractivity contribution in [2.45, 2.75) is 32.6 Å². The maximum Gasteiger partial charge on any atom is 0.376 e. The Hall–Kier alpha value is -0.665. The number of amides is 1. The maximum atomic E-state index is 12.5. The molecule has 0 aromatic carbocycles. The SMILES string of the molecule is CB(O)N1CCN(C(=O)Cc2nc(C)c(Cl)s2)C(CCO)C1. The largest absolute Gasteiger partial charge is 0.437 e. The van der Waals surface area contributed by atoms with E-state index in [9.17, 15) is 14.9 Å². The Morgan fingerprint density at radius 1 is 1.55 bits per heavy atom. The van der Waals surface area contributed by atoms with E-state index < -0.39 is 7.05 Å². The van der Waals surface area contributed by atoms with Crippen LogP contribution in [0.3, 0.4) is 0 Å². The molecule has 0 saturated carbocycles. The number of hydrogen-bond acceptors (Lipinski definition) is 6. The van der Waals surface area contributed by atoms with Crippen LogP contribution in [0.1, 0.15) is 17.1 Å². The van der Waals surface area contributed by atoms with Gasteiger partial charge in [-0.1, -0.05) is 11.6 Å². The molecule has 1 aromatic rings. The van der Waals surface area contributed by atoms with Gasteiger partial charge in [0.1, 0.15) is 9.34 Å². The lowest BCUT2D eigenvalue weighted by molar-refractivity contribution is -0.135. The van der Waals surface area contributed by atoms with Gasteiger partial charge in [0.15, 0.2) is 0 Å². The van der Waals surface area contributed by atoms with Gasteiger partial charge in [-0.2, -0.15) is 0 Å². The summed E-state index contributed by atoms with van der Waals surface area (Å²) in [6.07, 6.45) is 0.738. The van der Waals surface area contributed by atoms with Crippen molar-refractivity contribution in [1.82, 2.24) is 14.7 Å². The number of aliphatic hydroxyl groups is 1. The lowest BCUT2D eigenvalue weighted by atomic mass is 9.83. The minimum atomic E-state index is -0.543. The third-order valence-electron chi connectivity index (χ3n) is 3.91. The molecule has 1 unspecified atom stereocenters. The molecule has 1 aliphatic rings. The second-order valence-electron chi connectivity index (χ2n) is 5.52. The number of carbonyl (C=O) groups is 1. The smallest absolute Gasteiger partial charge is 0.376 e. The first-order valence-electron chi connectivity index (χ1n) is 7.36. The van der Waals surface area contributed by atoms with E-state index in [1.165, 1.54) is 11.3 Å². The molecule has 0 aliphatic carbocycles. The number of halogens is 1. The standard InChI is InChI=1S/C13H21BClN3O3S/c1-9-13(15)22-11(16-9)7-12(20)18-5-4-17(14(2)21)8-10(18)3-6-19/h10,19,21H,3-8H2,1-2H3. The summed E-state index contributed by atoms with van der Waals surface area (Å²) in [6, 6.07) is -0.0858. The molecule has 2 rings (SSSR count). The van der Waals surface area contributed by atoms with Crippen LogP contribution in [0.5, 0.6) is 0 Å². The Kier molecular flexibility index (Phi) is 6.22. The summed E-state index contributed by atoms with van der Waals surface area (Å²) < 4.78 is 0.619. The fourth-order valence-electron chi connectivity index (χ4n) is 2.68. The van der Waals surface area contributed by atoms with Gasteiger partial charge in [0.05, 0.1) is 12.1 Å². The highest BCUT2D eigenvalue weighted by molar-refractivity contribution is 7.16. The summed E-state index contributed by atoms with van der Waals surface area (Å²) in [4.78, 5) is 20.5. The van der Waals surface area contributed by atoms with Crippen molar-refractivity contribution >= 4 is 35.9 Å². The van der Waals surface area contributed by atoms with Crippen molar-refractivity contribution in [3.05, 3.63) is 15.0 Å². The fourth-order valence-corrected chi connectivity index (χ4v) is 3.77. The molecule has 1 saturated heterocycles. The van der Waals surface area contributed by atoms with Crippen molar-refractivity contribution < 1.29 is 14.9 Å². The molecular weight excluding hydrogens is 324 g/mol. The van der Waals surface area contributed by atoms with Gasteiger partial charge >= 0.3 is 7.05 Å². The highest BCUT2D eigenvalue weighted by atomic mass is 35.5. The lowest BCUT2D eigenvalue weighted by Crippen LogP contribution is -2.58. The minimum Gasteiger partial charge on any atom is -0.437 e. The van der Waals surface area contributed by atoms with Crippen molar-refractivity contribution in [3.63, 3.8) is 0 Å². The molecule has 0 bridgehead atoms. The molecule has 0 radical (unpaired) electrons. The topological polar surface area (TPSA) is 76.9 Å². The van der Waals surface area contributed by atoms with E-state index in [0.29, 0.717) is 35.4 Å². The first kappa shape index (κ1) is 17.7. The molecule has 1 aromatic heterocycles. The highest BCUT2D eigenvalue weighted by Crippen LogP contribution is 2.24. The van der Waals surface area contributed by atoms with Crippen molar-refractivity contribution in [3.8, 4) is 0 Å². The summed E-state index contributed by atoms with van der Waals surface area (Å²) in [5.74, 6) is -0.00545. The van der Waals surface area contributed by atoms with E-state index in [0.717, 1.165) is 5.69 Å². The van der Waals surface area contributed by atoms with Crippen LogP contribution in [-0.4, -0.2) is 70.1 Å². The van der Waals surface area contributed by atoms with E-state index in [1.54, 1.807) is 11.7 Å². The number of hydrogen-bond donors (Lipinski definition) is 2. The number of carbonyl (C=O) groups excluding carboxylic acids is 1. The number of aromatic nitrogens is 1. The minimum absolute atomic E-state index is 0.00545. The summed E-state index contributed by atoms with van der Waals surface area (Å²) >= 11 is 7.33. The average Bonchev–Trinajstić information content (AvgIpc) is 2.77. The third-order valence-corrected chi connectivity index (χ3v) is 5.36. The Morgan fingerprint density at radius 3 is 2.82 bits per heavy atom. The Labute approximate surface area is 139 Å². The van der Waals surface area contributed by atoms with Crippen LogP contribution in [0.25, 0.3) is 0 Å². The van der Waals surface area contributed by atoms with Gasteiger partial charge < -0.3 is 19.8 Å². The molecule has 2 heterocycles. The van der Waals surface area contributed by atoms with Gasteiger partial charge in [0.25, 0.3) is 0 Å². The van der Waals surface area contributed by atoms with Crippen LogP contribution in [0.4, 0.5) is 0 Å². The normalized spacial score (nSPS) is 19.5. The summed E-state index contributed by atoms with van der Waals surface area (Å²) in [7, 11) is -0.543. The number of thiazole rings is 1. The second kappa shape index (κ2) is 7.74. The van der Waals surface area contributed by atoms with Gasteiger partial charge in [-0.15, -0.1) is 11.3 Å². The maximum absolute atomic E-state index is 12.5. The van der Waals surface area contributed by atoms with Gasteiger partial charge in [-0.25, -0.2) is 4.98 Å². The first-order chi connectivity index (χ1) is 10.4. The molecule has 6 nitrogen and oxygen atoms in total. The predicted octanol–water partition coefficient (Wildman–Crippen LogP) is 0.653. The zero-order valence-corrected chi connectivity index (χ0v) is 14.4. The molecule has 1 amide bonds. The molecule has 1 fully saturated rings. The van der Waals surface area contributed by atoms with Gasteiger partial charge in [0.2, 0.25) is 5.91 Å². The van der Waals surface area contributed by atoms with Crippen LogP contribution in [0.2, 0.25) is 11.2 Å². The molecular formula is C13H21BClN3O3S. The molecule has 2 N–H and O–H groups in total. The van der Waals surface area contributed by atoms with Crippen LogP contribution >= 0.6 is 22.9 Å². The summed E-state index contributed by atoms with van der Waals surface area (Å²) in [5, 5.41) is 19.6. The van der Waals surface area contributed by atoms with Crippen LogP contribution in [0.15, 0.2) is 0 Å². The lowest BCUT2D eigenvalue weighted by Gasteiger charge is -2.42. The average molecular weight is 346 g/mol. The zero-order valence-electron chi connectivity index (χ0n) is 12.8. The number of aryl methyl sites for hydroxylation is 1. The summed E-state index contributed by atoms with van der Waals surface area (Å²) in [6.45, 7) is 5.30. The van der Waals surface area contributed by atoms with E-state index in [2.05, 4.69) is 4.98 Å². The summed E-state index contributed by atoms with van der Waals surface area (Å²) in [5.41, 5.74) is 0.750. The van der Waals surface area contributed by atoms with E-state index in [4.69, 9.17) is 11.6 Å². The van der Waals surface area contributed by atoms with Crippen LogP contribution < -0.4 is 0 Å². The highest BCUT2D eigenvalue weighted by Gasteiger charge is 2.32. The molecule has 122 valence electrons. The van der Waals surface area contributed by atoms with Crippen LogP contribution in [0, 0.1) is 6.92 Å². The van der Waals surface area contributed by atoms with Gasteiger partial charge in [-0.3, -0.25) is 4.79 Å². The molecule has 22 heavy (non-hydrogen) atoms. The molecule has 0 spiro atoms. The van der Waals surface area contributed by atoms with Crippen molar-refractivity contribution in [2.24, 2.45) is 0 Å². The Bertz CT molecular complexity index is 509.